The molecule has 402 valence electrons. The van der Waals surface area contributed by atoms with Gasteiger partial charge < -0.3 is 64.2 Å². The number of carbonyl (C=O) groups excluding carboxylic acids is 2. The number of esters is 2. The highest BCUT2D eigenvalue weighted by Crippen LogP contribution is 2.26. The summed E-state index contributed by atoms with van der Waals surface area (Å²) in [6.07, 6.45) is 32.0. The molecule has 2 saturated heterocycles. The quantitative estimate of drug-likeness (QED) is 0.0176. The van der Waals surface area contributed by atoms with Crippen molar-refractivity contribution in [2.75, 3.05) is 26.4 Å². The van der Waals surface area contributed by atoms with Crippen LogP contribution in [-0.2, 0) is 38.0 Å². The van der Waals surface area contributed by atoms with Crippen molar-refractivity contribution in [1.29, 1.82) is 0 Å². The van der Waals surface area contributed by atoms with Crippen molar-refractivity contribution in [3.63, 3.8) is 0 Å². The molecule has 15 nitrogen and oxygen atoms in total. The molecule has 11 unspecified atom stereocenters. The maximum atomic E-state index is 13.0. The maximum absolute atomic E-state index is 13.0. The van der Waals surface area contributed by atoms with Crippen LogP contribution >= 0.6 is 0 Å². The molecule has 0 spiro atoms. The molecule has 7 N–H and O–H groups in total. The summed E-state index contributed by atoms with van der Waals surface area (Å²) in [7, 11) is 0. The number of ether oxygens (including phenoxy) is 6. The Kier molecular flexibility index (Phi) is 37.3. The second kappa shape index (κ2) is 41.4. The fraction of sp³-hybridized carbons (Fsp3) is 0.745. The lowest BCUT2D eigenvalue weighted by atomic mass is 9.98. The molecular formula is C55H92O15. The Hall–Kier alpha value is -3.06. The second-order valence-electron chi connectivity index (χ2n) is 18.3. The molecule has 70 heavy (non-hydrogen) atoms. The minimum atomic E-state index is -1.77. The Morgan fingerprint density at radius 2 is 0.900 bits per heavy atom. The molecule has 0 aliphatic carbocycles. The van der Waals surface area contributed by atoms with Crippen molar-refractivity contribution in [2.45, 2.75) is 235 Å². The van der Waals surface area contributed by atoms with E-state index in [1.807, 2.05) is 0 Å². The smallest absolute Gasteiger partial charge is 0.306 e. The molecule has 0 aromatic carbocycles. The van der Waals surface area contributed by atoms with Crippen LogP contribution in [0.15, 0.2) is 72.9 Å². The molecule has 0 amide bonds. The van der Waals surface area contributed by atoms with Crippen LogP contribution in [0.3, 0.4) is 0 Å². The van der Waals surface area contributed by atoms with E-state index in [9.17, 15) is 45.3 Å². The van der Waals surface area contributed by atoms with E-state index in [2.05, 4.69) is 86.8 Å². The molecule has 15 heteroatoms. The number of unbranched alkanes of at least 4 members (excludes halogenated alkanes) is 14. The van der Waals surface area contributed by atoms with Gasteiger partial charge in [-0.1, -0.05) is 145 Å². The lowest BCUT2D eigenvalue weighted by Gasteiger charge is -2.42. The van der Waals surface area contributed by atoms with Gasteiger partial charge in [0.2, 0.25) is 0 Å². The molecule has 11 atom stereocenters. The standard InChI is InChI=1S/C55H92O15/c1-3-5-7-9-11-13-15-17-19-20-21-22-24-26-28-30-32-34-36-38-47(58)68-43(40-65-46(57)37-35-33-31-29-27-25-23-18-16-14-12-10-8-6-4-2)41-66-54-53(64)51(62)49(60)45(70-54)42-67-55-52(63)50(61)48(59)44(39-56)69-55/h6,8,11-14,17-19,21-23,43-45,48-56,59-64H,3-5,7,9-10,15-16,20,24-42H2,1-2H3/b8-6-,13-11-,14-12-,19-17-,22-21-,23-18-. The van der Waals surface area contributed by atoms with Crippen molar-refractivity contribution in [3.8, 4) is 0 Å². The minimum absolute atomic E-state index is 0.143. The van der Waals surface area contributed by atoms with Gasteiger partial charge in [-0.25, -0.2) is 0 Å². The molecule has 0 saturated carbocycles. The summed E-state index contributed by atoms with van der Waals surface area (Å²) in [5, 5.41) is 72.1. The van der Waals surface area contributed by atoms with Crippen LogP contribution in [0.5, 0.6) is 0 Å². The highest BCUT2D eigenvalue weighted by molar-refractivity contribution is 5.70. The molecule has 2 rings (SSSR count). The van der Waals surface area contributed by atoms with Crippen LogP contribution in [-0.4, -0.2) is 142 Å². The van der Waals surface area contributed by atoms with Gasteiger partial charge in [-0.3, -0.25) is 9.59 Å². The molecule has 2 fully saturated rings. The average Bonchev–Trinajstić information content (AvgIpc) is 3.35. The second-order valence-corrected chi connectivity index (χ2v) is 18.3. The average molecular weight is 993 g/mol. The van der Waals surface area contributed by atoms with E-state index in [1.165, 1.54) is 19.3 Å². The Labute approximate surface area is 419 Å². The molecule has 0 aromatic heterocycles. The normalized spacial score (nSPS) is 26.0. The first kappa shape index (κ1) is 63.1. The van der Waals surface area contributed by atoms with Crippen molar-refractivity contribution in [2.24, 2.45) is 0 Å². The van der Waals surface area contributed by atoms with Gasteiger partial charge in [-0.2, -0.15) is 0 Å². The number of hydrogen-bond donors (Lipinski definition) is 7. The zero-order valence-corrected chi connectivity index (χ0v) is 42.5. The van der Waals surface area contributed by atoms with Gasteiger partial charge in [-0.15, -0.1) is 0 Å². The lowest BCUT2D eigenvalue weighted by molar-refractivity contribution is -0.332. The summed E-state index contributed by atoms with van der Waals surface area (Å²) in [4.78, 5) is 25.8. The zero-order valence-electron chi connectivity index (χ0n) is 42.5. The van der Waals surface area contributed by atoms with E-state index in [0.717, 1.165) is 109 Å². The number of hydrogen-bond acceptors (Lipinski definition) is 15. The Bertz CT molecular complexity index is 1490. The van der Waals surface area contributed by atoms with E-state index >= 15 is 0 Å². The fourth-order valence-electron chi connectivity index (χ4n) is 7.82. The molecule has 0 aromatic rings. The third kappa shape index (κ3) is 28.8. The molecule has 0 bridgehead atoms. The van der Waals surface area contributed by atoms with Crippen LogP contribution < -0.4 is 0 Å². The van der Waals surface area contributed by atoms with E-state index in [-0.39, 0.29) is 19.4 Å². The van der Waals surface area contributed by atoms with Crippen molar-refractivity contribution in [3.05, 3.63) is 72.9 Å². The Morgan fingerprint density at radius 1 is 0.471 bits per heavy atom. The molecule has 2 aliphatic heterocycles. The van der Waals surface area contributed by atoms with E-state index in [0.29, 0.717) is 12.8 Å². The van der Waals surface area contributed by atoms with Gasteiger partial charge in [0, 0.05) is 12.8 Å². The summed E-state index contributed by atoms with van der Waals surface area (Å²) in [5.74, 6) is -0.965. The first-order valence-corrected chi connectivity index (χ1v) is 26.5. The van der Waals surface area contributed by atoms with Crippen LogP contribution in [0, 0.1) is 0 Å². The number of allylic oxidation sites excluding steroid dienone is 12. The number of carbonyl (C=O) groups is 2. The Balaban J connectivity index is 1.81. The molecule has 0 radical (unpaired) electrons. The summed E-state index contributed by atoms with van der Waals surface area (Å²) < 4.78 is 33.6. The fourth-order valence-corrected chi connectivity index (χ4v) is 7.82. The number of rotatable bonds is 40. The van der Waals surface area contributed by atoms with Gasteiger partial charge in [0.25, 0.3) is 0 Å². The largest absolute Gasteiger partial charge is 0.462 e. The van der Waals surface area contributed by atoms with Crippen LogP contribution in [0.1, 0.15) is 168 Å². The predicted octanol–water partition coefficient (Wildman–Crippen LogP) is 7.82. The maximum Gasteiger partial charge on any atom is 0.306 e. The van der Waals surface area contributed by atoms with Crippen molar-refractivity contribution in [1.82, 2.24) is 0 Å². The van der Waals surface area contributed by atoms with Crippen molar-refractivity contribution >= 4 is 11.9 Å². The van der Waals surface area contributed by atoms with E-state index in [1.54, 1.807) is 0 Å². The lowest BCUT2D eigenvalue weighted by Crippen LogP contribution is -2.61. The third-order valence-corrected chi connectivity index (χ3v) is 12.2. The van der Waals surface area contributed by atoms with Gasteiger partial charge >= 0.3 is 11.9 Å². The summed E-state index contributed by atoms with van der Waals surface area (Å²) >= 11 is 0. The van der Waals surface area contributed by atoms with E-state index in [4.69, 9.17) is 28.4 Å². The van der Waals surface area contributed by atoms with Crippen LogP contribution in [0.25, 0.3) is 0 Å². The van der Waals surface area contributed by atoms with Crippen LogP contribution in [0.4, 0.5) is 0 Å². The highest BCUT2D eigenvalue weighted by atomic mass is 16.7. The number of aliphatic hydroxyl groups is 7. The SMILES string of the molecule is CC/C=C\C/C=C\C/C=C\CCCCCCCC(=O)OCC(COC1OC(COC2OC(CO)C(O)C(O)C2O)C(O)C(O)C1O)OC(=O)CCCCCCCC/C=C\C/C=C\C/C=C\CCCCC. The first-order valence-electron chi connectivity index (χ1n) is 26.5. The van der Waals surface area contributed by atoms with Gasteiger partial charge in [0.15, 0.2) is 18.7 Å². The monoisotopic (exact) mass is 993 g/mol. The zero-order chi connectivity index (χ0) is 51.0. The van der Waals surface area contributed by atoms with Gasteiger partial charge in [-0.05, 0) is 83.5 Å². The highest BCUT2D eigenvalue weighted by Gasteiger charge is 2.47. The third-order valence-electron chi connectivity index (χ3n) is 12.2. The predicted molar refractivity (Wildman–Crippen MR) is 270 cm³/mol. The molecule has 2 heterocycles. The van der Waals surface area contributed by atoms with Gasteiger partial charge in [0.05, 0.1) is 19.8 Å². The minimum Gasteiger partial charge on any atom is -0.462 e. The molecular weight excluding hydrogens is 901 g/mol. The topological polar surface area (TPSA) is 231 Å². The number of aliphatic hydroxyl groups excluding tert-OH is 7. The first-order chi connectivity index (χ1) is 34.0. The molecule has 2 aliphatic rings. The van der Waals surface area contributed by atoms with E-state index < -0.39 is 99.3 Å². The van der Waals surface area contributed by atoms with Crippen molar-refractivity contribution < 1.29 is 73.8 Å². The van der Waals surface area contributed by atoms with Gasteiger partial charge in [0.1, 0.15) is 55.4 Å². The summed E-state index contributed by atoms with van der Waals surface area (Å²) in [6, 6.07) is 0. The summed E-state index contributed by atoms with van der Waals surface area (Å²) in [5.41, 5.74) is 0. The summed E-state index contributed by atoms with van der Waals surface area (Å²) in [6.45, 7) is 2.41. The van der Waals surface area contributed by atoms with Crippen LogP contribution in [0.2, 0.25) is 0 Å². The Morgan fingerprint density at radius 3 is 1.41 bits per heavy atom.